The van der Waals surface area contributed by atoms with Gasteiger partial charge in [0.05, 0.1) is 11.2 Å². The zero-order valence-electron chi connectivity index (χ0n) is 11.5. The third-order valence-corrected chi connectivity index (χ3v) is 3.29. The van der Waals surface area contributed by atoms with E-state index in [9.17, 15) is 9.59 Å². The third kappa shape index (κ3) is 4.97. The zero-order chi connectivity index (χ0) is 15.1. The van der Waals surface area contributed by atoms with Crippen LogP contribution in [0.15, 0.2) is 11.4 Å². The summed E-state index contributed by atoms with van der Waals surface area (Å²) in [5.41, 5.74) is -0.0395. The first kappa shape index (κ1) is 16.7. The van der Waals surface area contributed by atoms with Gasteiger partial charge < -0.3 is 10.1 Å². The van der Waals surface area contributed by atoms with Gasteiger partial charge >= 0.3 is 5.97 Å². The normalized spacial score (nSPS) is 11.8. The SMILES string of the molecule is CCC(C)NC(=O)COC(=O)c1nc(SC)ncc1Cl. The van der Waals surface area contributed by atoms with Crippen molar-refractivity contribution >= 4 is 35.2 Å². The largest absolute Gasteiger partial charge is 0.451 e. The molecule has 6 nitrogen and oxygen atoms in total. The number of nitrogens with one attached hydrogen (secondary N) is 1. The molecule has 1 aromatic rings. The second-order valence-corrected chi connectivity index (χ2v) is 5.19. The van der Waals surface area contributed by atoms with E-state index in [1.807, 2.05) is 13.8 Å². The molecule has 8 heteroatoms. The number of hydrogen-bond donors (Lipinski definition) is 1. The highest BCUT2D eigenvalue weighted by Gasteiger charge is 2.17. The van der Waals surface area contributed by atoms with Gasteiger partial charge in [0.1, 0.15) is 0 Å². The molecular weight excluding hydrogens is 302 g/mol. The van der Waals surface area contributed by atoms with Gasteiger partial charge in [0.25, 0.3) is 5.91 Å². The molecule has 1 heterocycles. The molecule has 1 atom stereocenters. The van der Waals surface area contributed by atoms with Crippen LogP contribution >= 0.6 is 23.4 Å². The lowest BCUT2D eigenvalue weighted by Crippen LogP contribution is -2.35. The van der Waals surface area contributed by atoms with Crippen LogP contribution in [0.25, 0.3) is 0 Å². The first-order chi connectivity index (χ1) is 9.47. The molecule has 0 radical (unpaired) electrons. The fourth-order valence-electron chi connectivity index (χ4n) is 1.21. The molecule has 110 valence electrons. The smallest absolute Gasteiger partial charge is 0.359 e. The number of carbonyl (C=O) groups is 2. The number of esters is 1. The molecule has 0 bridgehead atoms. The van der Waals surface area contributed by atoms with Crippen LogP contribution in [0.4, 0.5) is 0 Å². The quantitative estimate of drug-likeness (QED) is 0.490. The van der Waals surface area contributed by atoms with Crippen LogP contribution in [-0.2, 0) is 9.53 Å². The van der Waals surface area contributed by atoms with E-state index in [0.717, 1.165) is 6.42 Å². The Kier molecular flexibility index (Phi) is 6.74. The fourth-order valence-corrected chi connectivity index (χ4v) is 1.72. The minimum atomic E-state index is -0.744. The van der Waals surface area contributed by atoms with E-state index < -0.39 is 5.97 Å². The van der Waals surface area contributed by atoms with Crippen LogP contribution in [0, 0.1) is 0 Å². The summed E-state index contributed by atoms with van der Waals surface area (Å²) in [7, 11) is 0. The van der Waals surface area contributed by atoms with Crippen molar-refractivity contribution in [3.05, 3.63) is 16.9 Å². The van der Waals surface area contributed by atoms with E-state index in [2.05, 4.69) is 15.3 Å². The van der Waals surface area contributed by atoms with Gasteiger partial charge in [-0.2, -0.15) is 0 Å². The maximum Gasteiger partial charge on any atom is 0.359 e. The molecule has 0 saturated heterocycles. The molecule has 0 aromatic carbocycles. The number of hydrogen-bond acceptors (Lipinski definition) is 6. The van der Waals surface area contributed by atoms with Crippen LogP contribution in [-0.4, -0.2) is 40.7 Å². The number of aromatic nitrogens is 2. The van der Waals surface area contributed by atoms with Crippen molar-refractivity contribution in [2.24, 2.45) is 0 Å². The lowest BCUT2D eigenvalue weighted by Gasteiger charge is -2.11. The van der Waals surface area contributed by atoms with Gasteiger partial charge in [-0.05, 0) is 19.6 Å². The maximum atomic E-state index is 11.8. The molecule has 0 aliphatic rings. The summed E-state index contributed by atoms with van der Waals surface area (Å²) in [5.74, 6) is -1.10. The molecule has 0 spiro atoms. The van der Waals surface area contributed by atoms with Crippen molar-refractivity contribution in [1.29, 1.82) is 0 Å². The molecule has 1 rings (SSSR count). The summed E-state index contributed by atoms with van der Waals surface area (Å²) in [6.45, 7) is 3.45. The van der Waals surface area contributed by atoms with Crippen LogP contribution < -0.4 is 5.32 Å². The summed E-state index contributed by atoms with van der Waals surface area (Å²) < 4.78 is 4.88. The summed E-state index contributed by atoms with van der Waals surface area (Å²) in [4.78, 5) is 31.2. The van der Waals surface area contributed by atoms with E-state index in [1.165, 1.54) is 18.0 Å². The molecule has 1 N–H and O–H groups in total. The number of halogens is 1. The minimum Gasteiger partial charge on any atom is -0.451 e. The Morgan fingerprint density at radius 3 is 2.85 bits per heavy atom. The molecule has 1 aromatic heterocycles. The van der Waals surface area contributed by atoms with Crippen molar-refractivity contribution in [3.8, 4) is 0 Å². The second-order valence-electron chi connectivity index (χ2n) is 4.01. The Bertz CT molecular complexity index is 499. The van der Waals surface area contributed by atoms with Gasteiger partial charge in [-0.1, -0.05) is 30.3 Å². The van der Waals surface area contributed by atoms with E-state index >= 15 is 0 Å². The van der Waals surface area contributed by atoms with Gasteiger partial charge in [-0.15, -0.1) is 0 Å². The molecule has 20 heavy (non-hydrogen) atoms. The van der Waals surface area contributed by atoms with Crippen LogP contribution in [0.3, 0.4) is 0 Å². The Morgan fingerprint density at radius 2 is 2.25 bits per heavy atom. The lowest BCUT2D eigenvalue weighted by molar-refractivity contribution is -0.124. The predicted octanol–water partition coefficient (Wildman–Crippen LogP) is 1.92. The van der Waals surface area contributed by atoms with Crippen molar-refractivity contribution in [3.63, 3.8) is 0 Å². The number of ether oxygens (including phenoxy) is 1. The topological polar surface area (TPSA) is 81.2 Å². The van der Waals surface area contributed by atoms with Gasteiger partial charge in [-0.25, -0.2) is 14.8 Å². The highest BCUT2D eigenvalue weighted by molar-refractivity contribution is 7.98. The van der Waals surface area contributed by atoms with Crippen LogP contribution in [0.2, 0.25) is 5.02 Å². The molecule has 0 aliphatic carbocycles. The Labute approximate surface area is 126 Å². The predicted molar refractivity (Wildman–Crippen MR) is 77.0 cm³/mol. The monoisotopic (exact) mass is 317 g/mol. The third-order valence-electron chi connectivity index (χ3n) is 2.45. The number of rotatable bonds is 6. The van der Waals surface area contributed by atoms with E-state index in [0.29, 0.717) is 5.16 Å². The lowest BCUT2D eigenvalue weighted by atomic mass is 10.2. The van der Waals surface area contributed by atoms with Crippen LogP contribution in [0.1, 0.15) is 30.8 Å². The number of thioether (sulfide) groups is 1. The fraction of sp³-hybridized carbons (Fsp3) is 0.500. The highest BCUT2D eigenvalue weighted by Crippen LogP contribution is 2.17. The van der Waals surface area contributed by atoms with Gasteiger partial charge in [0.2, 0.25) is 0 Å². The van der Waals surface area contributed by atoms with E-state index in [4.69, 9.17) is 16.3 Å². The number of carbonyl (C=O) groups excluding carboxylic acids is 2. The van der Waals surface area contributed by atoms with Crippen molar-refractivity contribution in [2.75, 3.05) is 12.9 Å². The number of amides is 1. The van der Waals surface area contributed by atoms with Crippen LogP contribution in [0.5, 0.6) is 0 Å². The maximum absolute atomic E-state index is 11.8. The Balaban J connectivity index is 2.61. The zero-order valence-corrected chi connectivity index (χ0v) is 13.0. The molecular formula is C12H16ClN3O3S. The first-order valence-electron chi connectivity index (χ1n) is 6.01. The van der Waals surface area contributed by atoms with E-state index in [-0.39, 0.29) is 29.3 Å². The summed E-state index contributed by atoms with van der Waals surface area (Å²) in [6.07, 6.45) is 3.91. The number of nitrogens with zero attached hydrogens (tertiary/aromatic N) is 2. The summed E-state index contributed by atoms with van der Waals surface area (Å²) in [5, 5.41) is 3.19. The Morgan fingerprint density at radius 1 is 1.55 bits per heavy atom. The average Bonchev–Trinajstić information content (AvgIpc) is 2.45. The summed E-state index contributed by atoms with van der Waals surface area (Å²) >= 11 is 7.11. The standard InChI is InChI=1S/C12H16ClN3O3S/c1-4-7(2)15-9(17)6-19-11(18)10-8(13)5-14-12(16-10)20-3/h5,7H,4,6H2,1-3H3,(H,15,17). The molecule has 1 amide bonds. The summed E-state index contributed by atoms with van der Waals surface area (Å²) in [6, 6.07) is 0.0342. The molecule has 1 unspecified atom stereocenters. The van der Waals surface area contributed by atoms with Crippen molar-refractivity contribution in [1.82, 2.24) is 15.3 Å². The molecule has 0 saturated carbocycles. The van der Waals surface area contributed by atoms with Crippen molar-refractivity contribution < 1.29 is 14.3 Å². The molecule has 0 fully saturated rings. The Hall–Kier alpha value is -1.34. The molecule has 0 aliphatic heterocycles. The highest BCUT2D eigenvalue weighted by atomic mass is 35.5. The van der Waals surface area contributed by atoms with Gasteiger partial charge in [0, 0.05) is 6.04 Å². The van der Waals surface area contributed by atoms with E-state index in [1.54, 1.807) is 6.26 Å². The van der Waals surface area contributed by atoms with Gasteiger partial charge in [0.15, 0.2) is 17.5 Å². The average molecular weight is 318 g/mol. The first-order valence-corrected chi connectivity index (χ1v) is 7.61. The van der Waals surface area contributed by atoms with Crippen molar-refractivity contribution in [2.45, 2.75) is 31.5 Å². The second kappa shape index (κ2) is 8.06. The van der Waals surface area contributed by atoms with Gasteiger partial charge in [-0.3, -0.25) is 4.79 Å². The minimum absolute atomic E-state index is 0.0342.